The molecule has 0 aliphatic heterocycles. The third-order valence-electron chi connectivity index (χ3n) is 1.08. The van der Waals surface area contributed by atoms with E-state index in [4.69, 9.17) is 0 Å². The highest BCUT2D eigenvalue weighted by Gasteiger charge is 2.59. The van der Waals surface area contributed by atoms with E-state index in [-0.39, 0.29) is 0 Å². The molecule has 0 saturated carbocycles. The van der Waals surface area contributed by atoms with Crippen molar-refractivity contribution < 1.29 is 96.0 Å². The average Bonchev–Trinajstić information content (AvgIpc) is 2.31. The number of hydrogen-bond donors (Lipinski definition) is 0. The summed E-state index contributed by atoms with van der Waals surface area (Å²) in [5.74, 6) is 0. The Morgan fingerprint density at radius 2 is 0.567 bits per heavy atom. The first-order valence-corrected chi connectivity index (χ1v) is 7.36. The first kappa shape index (κ1) is 36.5. The zero-order valence-electron chi connectivity index (χ0n) is 12.4. The summed E-state index contributed by atoms with van der Waals surface area (Å²) in [5, 5.41) is -11.3. The van der Waals surface area contributed by atoms with Gasteiger partial charge in [-0.1, -0.05) is 0 Å². The third kappa shape index (κ3) is 21.8. The summed E-state index contributed by atoms with van der Waals surface area (Å²) in [6.07, 6.45) is -12.1. The molecule has 0 aliphatic rings. The molecule has 0 N–H and O–H groups in total. The van der Waals surface area contributed by atoms with Crippen LogP contribution < -0.4 is 0 Å². The van der Waals surface area contributed by atoms with Crippen molar-refractivity contribution in [2.24, 2.45) is 0 Å². The van der Waals surface area contributed by atoms with E-state index in [2.05, 4.69) is 0 Å². The summed E-state index contributed by atoms with van der Waals surface area (Å²) >= 11 is -8.91. The van der Waals surface area contributed by atoms with Crippen LogP contribution in [0.3, 0.4) is 0 Å². The molecule has 0 amide bonds. The van der Waals surface area contributed by atoms with Gasteiger partial charge in [-0.2, -0.15) is 43.9 Å². The van der Waals surface area contributed by atoms with Crippen molar-refractivity contribution >= 4 is 36.7 Å². The van der Waals surface area contributed by atoms with E-state index < -0.39 is 59.5 Å². The number of halogens is 18. The van der Waals surface area contributed by atoms with Crippen molar-refractivity contribution in [1.29, 1.82) is 0 Å². The molecule has 4 nitrogen and oxygen atoms in total. The standard InChI is InChI=1S/2C2HF5O2S.2BF4/c2*3-1(4,5)2(6,7)10(8)9;2*2-1(3,4)5/h2*(H,8,9);;/q;;2*-1/p-2. The Kier molecular flexibility index (Phi) is 14.8. The fourth-order valence-corrected chi connectivity index (χ4v) is 0.567. The molecule has 0 aromatic heterocycles. The molecule has 0 bridgehead atoms. The number of alkyl halides is 10. The molecule has 30 heavy (non-hydrogen) atoms. The molecule has 0 aliphatic carbocycles. The second kappa shape index (κ2) is 12.2. The molecule has 0 radical (unpaired) electrons. The largest absolute Gasteiger partial charge is 0.768 e. The van der Waals surface area contributed by atoms with Gasteiger partial charge in [-0.05, 0) is 0 Å². The third-order valence-corrected chi connectivity index (χ3v) is 2.38. The van der Waals surface area contributed by atoms with Gasteiger partial charge in [-0.25, -0.2) is 0 Å². The minimum Gasteiger partial charge on any atom is -0.768 e. The van der Waals surface area contributed by atoms with Gasteiger partial charge in [0.1, 0.15) is 0 Å². The summed E-state index contributed by atoms with van der Waals surface area (Å²) < 4.78 is 226. The van der Waals surface area contributed by atoms with Crippen LogP contribution in [0.15, 0.2) is 0 Å². The highest BCUT2D eigenvalue weighted by Crippen LogP contribution is 2.37. The Morgan fingerprint density at radius 1 is 0.467 bits per heavy atom. The topological polar surface area (TPSA) is 80.3 Å². The second-order valence-corrected chi connectivity index (χ2v) is 5.45. The highest BCUT2D eigenvalue weighted by atomic mass is 32.2. The highest BCUT2D eigenvalue weighted by molar-refractivity contribution is 7.80. The van der Waals surface area contributed by atoms with Crippen LogP contribution in [-0.4, -0.2) is 54.9 Å². The summed E-state index contributed by atoms with van der Waals surface area (Å²) in [4.78, 5) is 0. The maximum Gasteiger partial charge on any atom is 0.673 e. The van der Waals surface area contributed by atoms with Crippen molar-refractivity contribution in [3.63, 3.8) is 0 Å². The predicted molar refractivity (Wildman–Crippen MR) is 60.2 cm³/mol. The van der Waals surface area contributed by atoms with Crippen LogP contribution in [0.25, 0.3) is 0 Å². The Balaban J connectivity index is -0.000000159. The maximum absolute atomic E-state index is 11.3. The van der Waals surface area contributed by atoms with E-state index in [1.807, 2.05) is 0 Å². The van der Waals surface area contributed by atoms with Crippen molar-refractivity contribution in [3.05, 3.63) is 0 Å². The molecular formula is C4B2F18O4S2-4. The van der Waals surface area contributed by atoms with Gasteiger partial charge in [0.15, 0.2) is 0 Å². The smallest absolute Gasteiger partial charge is 0.673 e. The fourth-order valence-electron chi connectivity index (χ4n) is 0.189. The number of hydrogen-bond acceptors (Lipinski definition) is 4. The molecule has 2 unspecified atom stereocenters. The van der Waals surface area contributed by atoms with E-state index in [9.17, 15) is 96.0 Å². The summed E-state index contributed by atoms with van der Waals surface area (Å²) in [5.41, 5.74) is 0. The lowest BCUT2D eigenvalue weighted by atomic mass is 10.3. The average molecular weight is 540 g/mol. The van der Waals surface area contributed by atoms with Crippen LogP contribution in [0.2, 0.25) is 0 Å². The molecule has 26 heteroatoms. The fraction of sp³-hybridized carbons (Fsp3) is 1.00. The Morgan fingerprint density at radius 3 is 0.567 bits per heavy atom. The van der Waals surface area contributed by atoms with Crippen LogP contribution in [0.5, 0.6) is 0 Å². The molecule has 0 saturated heterocycles. The zero-order valence-corrected chi connectivity index (χ0v) is 14.0. The van der Waals surface area contributed by atoms with Gasteiger partial charge in [-0.3, -0.25) is 8.42 Å². The van der Waals surface area contributed by atoms with Crippen LogP contribution in [0, 0.1) is 0 Å². The van der Waals surface area contributed by atoms with Gasteiger partial charge < -0.3 is 43.6 Å². The minimum atomic E-state index is -6.03. The van der Waals surface area contributed by atoms with Gasteiger partial charge in [0.2, 0.25) is 0 Å². The lowest BCUT2D eigenvalue weighted by Crippen LogP contribution is -2.40. The van der Waals surface area contributed by atoms with Crippen LogP contribution >= 0.6 is 0 Å². The molecule has 0 aromatic rings. The van der Waals surface area contributed by atoms with Crippen LogP contribution in [0.4, 0.5) is 78.4 Å². The van der Waals surface area contributed by atoms with Gasteiger partial charge in [-0.15, -0.1) is 0 Å². The van der Waals surface area contributed by atoms with E-state index in [0.717, 1.165) is 0 Å². The predicted octanol–water partition coefficient (Wildman–Crippen LogP) is 4.64. The normalized spacial score (nSPS) is 15.3. The Labute approximate surface area is 156 Å². The summed E-state index contributed by atoms with van der Waals surface area (Å²) in [6.45, 7) is 0. The van der Waals surface area contributed by atoms with Gasteiger partial charge >= 0.3 is 37.4 Å². The zero-order chi connectivity index (χ0) is 26.2. The molecule has 2 atom stereocenters. The quantitative estimate of drug-likeness (QED) is 0.291. The lowest BCUT2D eigenvalue weighted by Gasteiger charge is -2.20. The van der Waals surface area contributed by atoms with Gasteiger partial charge in [0.25, 0.3) is 0 Å². The second-order valence-electron chi connectivity index (χ2n) is 3.49. The molecular weight excluding hydrogens is 540 g/mol. The molecule has 0 fully saturated rings. The van der Waals surface area contributed by atoms with E-state index >= 15 is 0 Å². The molecule has 188 valence electrons. The summed E-state index contributed by atoms with van der Waals surface area (Å²) in [6, 6.07) is 0. The Hall–Kier alpha value is -0.910. The van der Waals surface area contributed by atoms with Gasteiger partial charge in [0, 0.05) is 22.2 Å². The van der Waals surface area contributed by atoms with Crippen molar-refractivity contribution in [2.45, 2.75) is 22.9 Å². The number of rotatable bonds is 2. The molecule has 0 heterocycles. The van der Waals surface area contributed by atoms with Crippen LogP contribution in [-0.2, 0) is 22.2 Å². The van der Waals surface area contributed by atoms with Crippen LogP contribution in [0.1, 0.15) is 0 Å². The maximum atomic E-state index is 11.3. The first-order chi connectivity index (χ1) is 12.4. The van der Waals surface area contributed by atoms with Gasteiger partial charge in [0.05, 0.1) is 0 Å². The lowest BCUT2D eigenvalue weighted by molar-refractivity contribution is -0.241. The van der Waals surface area contributed by atoms with Crippen molar-refractivity contribution in [1.82, 2.24) is 0 Å². The minimum absolute atomic E-state index is 4.45. The monoisotopic (exact) mass is 540 g/mol. The van der Waals surface area contributed by atoms with E-state index in [1.54, 1.807) is 0 Å². The molecule has 0 spiro atoms. The first-order valence-electron chi connectivity index (χ1n) is 5.21. The summed E-state index contributed by atoms with van der Waals surface area (Å²) in [7, 11) is -12.0. The van der Waals surface area contributed by atoms with Crippen molar-refractivity contribution in [3.8, 4) is 0 Å². The SMILES string of the molecule is F[B-](F)(F)F.F[B-](F)(F)F.O=S([O-])C(F)(F)C(F)(F)F.O=S([O-])C(F)(F)C(F)(F)F. The molecule has 0 rings (SSSR count). The molecule has 0 aromatic carbocycles. The van der Waals surface area contributed by atoms with E-state index in [1.165, 1.54) is 0 Å². The van der Waals surface area contributed by atoms with Crippen molar-refractivity contribution in [2.75, 3.05) is 0 Å². The Bertz CT molecular complexity index is 474. The van der Waals surface area contributed by atoms with E-state index in [0.29, 0.717) is 0 Å².